The van der Waals surface area contributed by atoms with E-state index in [2.05, 4.69) is 92.9 Å². The molecule has 3 heteroatoms. The van der Waals surface area contributed by atoms with Gasteiger partial charge in [-0.25, -0.2) is 0 Å². The van der Waals surface area contributed by atoms with Gasteiger partial charge >= 0.3 is 0 Å². The Hall–Kier alpha value is -1.33. The van der Waals surface area contributed by atoms with Crippen LogP contribution in [0.3, 0.4) is 0 Å². The van der Waals surface area contributed by atoms with Crippen LogP contribution in [0.4, 0.5) is 0 Å². The first-order chi connectivity index (χ1) is 11.8. The fraction of sp³-hybridized carbons (Fsp3) is 0.333. The van der Waals surface area contributed by atoms with Gasteiger partial charge in [0.2, 0.25) is 0 Å². The topological polar surface area (TPSA) is 8.17 Å². The van der Waals surface area contributed by atoms with Gasteiger partial charge in [-0.05, 0) is 71.7 Å². The molecule has 2 nitrogen and oxygen atoms in total. The van der Waals surface area contributed by atoms with Crippen LogP contribution in [0.25, 0.3) is 10.9 Å². The number of piperidine rings is 1. The number of halogens is 1. The maximum absolute atomic E-state index is 2.62. The Kier molecular flexibility index (Phi) is 4.90. The molecule has 0 unspecified atom stereocenters. The molecule has 0 bridgehead atoms. The number of likely N-dealkylation sites (tertiary alicyclic amines) is 1. The highest BCUT2D eigenvalue weighted by Gasteiger charge is 2.21. The molecule has 1 aliphatic heterocycles. The van der Waals surface area contributed by atoms with Crippen molar-refractivity contribution in [2.24, 2.45) is 0 Å². The Labute approximate surface area is 157 Å². The lowest BCUT2D eigenvalue weighted by Crippen LogP contribution is -2.35. The normalized spacial score (nSPS) is 16.7. The summed E-state index contributed by atoms with van der Waals surface area (Å²) in [6, 6.07) is 20.5. The van der Waals surface area contributed by atoms with Crippen LogP contribution in [-0.4, -0.2) is 29.1 Å². The van der Waals surface area contributed by atoms with E-state index in [1.54, 1.807) is 0 Å². The average molecular weight is 430 g/mol. The average Bonchev–Trinajstić information content (AvgIpc) is 3.04. The van der Waals surface area contributed by atoms with Crippen LogP contribution in [0, 0.1) is 3.57 Å². The van der Waals surface area contributed by atoms with Gasteiger partial charge in [-0.1, -0.05) is 30.3 Å². The molecule has 0 N–H and O–H groups in total. The Morgan fingerprint density at radius 2 is 1.75 bits per heavy atom. The van der Waals surface area contributed by atoms with Crippen molar-refractivity contribution in [1.82, 2.24) is 9.47 Å². The SMILES string of the molecule is Ic1ccc2c(ccn2C2CCN(CCc3ccccc3)CC2)c1. The number of hydrogen-bond donors (Lipinski definition) is 0. The summed E-state index contributed by atoms with van der Waals surface area (Å²) in [5, 5.41) is 1.37. The Bertz CT molecular complexity index is 801. The zero-order valence-corrected chi connectivity index (χ0v) is 16.0. The minimum Gasteiger partial charge on any atom is -0.344 e. The first kappa shape index (κ1) is 16.2. The van der Waals surface area contributed by atoms with Crippen LogP contribution in [0.2, 0.25) is 0 Å². The van der Waals surface area contributed by atoms with Gasteiger partial charge in [0.25, 0.3) is 0 Å². The standard InChI is InChI=1S/C21H23IN2/c22-19-6-7-21-18(16-19)9-15-24(21)20-10-13-23(14-11-20)12-8-17-4-2-1-3-5-17/h1-7,9,15-16,20H,8,10-14H2. The summed E-state index contributed by atoms with van der Waals surface area (Å²) >= 11 is 2.39. The van der Waals surface area contributed by atoms with Gasteiger partial charge in [-0.15, -0.1) is 0 Å². The summed E-state index contributed by atoms with van der Waals surface area (Å²) in [5.41, 5.74) is 2.84. The van der Waals surface area contributed by atoms with Gasteiger partial charge < -0.3 is 9.47 Å². The monoisotopic (exact) mass is 430 g/mol. The highest BCUT2D eigenvalue weighted by Crippen LogP contribution is 2.28. The minimum absolute atomic E-state index is 0.649. The number of fused-ring (bicyclic) bond motifs is 1. The van der Waals surface area contributed by atoms with Crippen molar-refractivity contribution in [3.05, 3.63) is 69.9 Å². The van der Waals surface area contributed by atoms with E-state index < -0.39 is 0 Å². The van der Waals surface area contributed by atoms with Crippen molar-refractivity contribution >= 4 is 33.5 Å². The lowest BCUT2D eigenvalue weighted by atomic mass is 10.0. The van der Waals surface area contributed by atoms with Crippen molar-refractivity contribution in [2.75, 3.05) is 19.6 Å². The number of hydrogen-bond acceptors (Lipinski definition) is 1. The van der Waals surface area contributed by atoms with E-state index in [4.69, 9.17) is 0 Å². The highest BCUT2D eigenvalue weighted by molar-refractivity contribution is 14.1. The third kappa shape index (κ3) is 3.52. The molecule has 2 heterocycles. The molecule has 0 saturated carbocycles. The summed E-state index contributed by atoms with van der Waals surface area (Å²) in [4.78, 5) is 2.62. The van der Waals surface area contributed by atoms with E-state index in [1.165, 1.54) is 52.5 Å². The Balaban J connectivity index is 1.37. The number of benzene rings is 2. The molecular weight excluding hydrogens is 407 g/mol. The smallest absolute Gasteiger partial charge is 0.0483 e. The molecule has 0 aliphatic carbocycles. The van der Waals surface area contributed by atoms with E-state index in [9.17, 15) is 0 Å². The molecule has 2 aromatic carbocycles. The third-order valence-corrected chi connectivity index (χ3v) is 5.86. The molecule has 1 fully saturated rings. The predicted octanol–water partition coefficient (Wildman–Crippen LogP) is 5.13. The van der Waals surface area contributed by atoms with Crippen LogP contribution < -0.4 is 0 Å². The lowest BCUT2D eigenvalue weighted by Gasteiger charge is -2.33. The number of rotatable bonds is 4. The van der Waals surface area contributed by atoms with Crippen LogP contribution >= 0.6 is 22.6 Å². The number of aromatic nitrogens is 1. The predicted molar refractivity (Wildman–Crippen MR) is 110 cm³/mol. The fourth-order valence-electron chi connectivity index (χ4n) is 3.81. The minimum atomic E-state index is 0.649. The first-order valence-electron chi connectivity index (χ1n) is 8.82. The van der Waals surface area contributed by atoms with E-state index in [-0.39, 0.29) is 0 Å². The summed E-state index contributed by atoms with van der Waals surface area (Å²) in [6.45, 7) is 3.60. The molecule has 1 saturated heterocycles. The van der Waals surface area contributed by atoms with E-state index in [0.717, 1.165) is 6.42 Å². The summed E-state index contributed by atoms with van der Waals surface area (Å²) in [7, 11) is 0. The molecule has 1 aromatic heterocycles. The molecule has 0 radical (unpaired) electrons. The van der Waals surface area contributed by atoms with Crippen LogP contribution in [0.5, 0.6) is 0 Å². The Morgan fingerprint density at radius 1 is 0.958 bits per heavy atom. The molecule has 0 spiro atoms. The second-order valence-corrected chi connectivity index (χ2v) is 7.98. The second-order valence-electron chi connectivity index (χ2n) is 6.73. The molecule has 0 amide bonds. The maximum atomic E-state index is 2.62. The summed E-state index contributed by atoms with van der Waals surface area (Å²) in [5.74, 6) is 0. The van der Waals surface area contributed by atoms with Crippen LogP contribution in [0.15, 0.2) is 60.8 Å². The Morgan fingerprint density at radius 3 is 2.54 bits per heavy atom. The second kappa shape index (κ2) is 7.28. The zero-order chi connectivity index (χ0) is 16.4. The van der Waals surface area contributed by atoms with Crippen molar-refractivity contribution in [1.29, 1.82) is 0 Å². The van der Waals surface area contributed by atoms with Gasteiger partial charge in [-0.3, -0.25) is 0 Å². The molecular formula is C21H23IN2. The first-order valence-corrected chi connectivity index (χ1v) is 9.90. The maximum Gasteiger partial charge on any atom is 0.0483 e. The van der Waals surface area contributed by atoms with E-state index >= 15 is 0 Å². The number of nitrogens with zero attached hydrogens (tertiary/aromatic N) is 2. The quantitative estimate of drug-likeness (QED) is 0.522. The molecule has 24 heavy (non-hydrogen) atoms. The van der Waals surface area contributed by atoms with Gasteiger partial charge in [0.1, 0.15) is 0 Å². The van der Waals surface area contributed by atoms with Crippen molar-refractivity contribution in [3.63, 3.8) is 0 Å². The lowest BCUT2D eigenvalue weighted by molar-refractivity contribution is 0.190. The summed E-state index contributed by atoms with van der Waals surface area (Å²) in [6.07, 6.45) is 5.95. The zero-order valence-electron chi connectivity index (χ0n) is 13.9. The molecule has 4 rings (SSSR count). The fourth-order valence-corrected chi connectivity index (χ4v) is 4.32. The van der Waals surface area contributed by atoms with E-state index in [1.807, 2.05) is 0 Å². The van der Waals surface area contributed by atoms with Crippen molar-refractivity contribution in [2.45, 2.75) is 25.3 Å². The van der Waals surface area contributed by atoms with Gasteiger partial charge in [0.15, 0.2) is 0 Å². The largest absolute Gasteiger partial charge is 0.344 e. The van der Waals surface area contributed by atoms with E-state index in [0.29, 0.717) is 6.04 Å². The van der Waals surface area contributed by atoms with Gasteiger partial charge in [-0.2, -0.15) is 0 Å². The van der Waals surface area contributed by atoms with Gasteiger partial charge in [0, 0.05) is 46.3 Å². The van der Waals surface area contributed by atoms with Gasteiger partial charge in [0.05, 0.1) is 0 Å². The van der Waals surface area contributed by atoms with Crippen LogP contribution in [0.1, 0.15) is 24.4 Å². The summed E-state index contributed by atoms with van der Waals surface area (Å²) < 4.78 is 3.81. The van der Waals surface area contributed by atoms with Crippen molar-refractivity contribution in [3.8, 4) is 0 Å². The molecule has 3 aromatic rings. The molecule has 1 aliphatic rings. The molecule has 0 atom stereocenters. The third-order valence-electron chi connectivity index (χ3n) is 5.19. The molecule has 124 valence electrons. The van der Waals surface area contributed by atoms with Crippen molar-refractivity contribution < 1.29 is 0 Å². The van der Waals surface area contributed by atoms with Crippen LogP contribution in [-0.2, 0) is 6.42 Å². The highest BCUT2D eigenvalue weighted by atomic mass is 127.